The summed E-state index contributed by atoms with van der Waals surface area (Å²) in [6.45, 7) is 5.56. The van der Waals surface area contributed by atoms with Crippen molar-refractivity contribution < 1.29 is 23.9 Å². The van der Waals surface area contributed by atoms with Crippen molar-refractivity contribution >= 4 is 35.6 Å². The fourth-order valence-corrected chi connectivity index (χ4v) is 2.73. The molecule has 0 saturated heterocycles. The minimum atomic E-state index is -1.04. The van der Waals surface area contributed by atoms with Gasteiger partial charge in [0.05, 0.1) is 0 Å². The lowest BCUT2D eigenvalue weighted by Gasteiger charge is -2.20. The third-order valence-electron chi connectivity index (χ3n) is 3.82. The number of carbonyl (C=O) groups is 4. The van der Waals surface area contributed by atoms with E-state index >= 15 is 0 Å². The molecule has 0 aliphatic heterocycles. The first-order valence-electron chi connectivity index (χ1n) is 8.71. The van der Waals surface area contributed by atoms with Crippen LogP contribution >= 0.6 is 11.8 Å². The minimum absolute atomic E-state index is 0.0365. The minimum Gasteiger partial charge on any atom is -0.454 e. The molecule has 0 aliphatic rings. The molecule has 28 heavy (non-hydrogen) atoms. The van der Waals surface area contributed by atoms with Gasteiger partial charge in [0.15, 0.2) is 6.61 Å². The highest BCUT2D eigenvalue weighted by Gasteiger charge is 2.24. The van der Waals surface area contributed by atoms with E-state index < -0.39 is 36.5 Å². The van der Waals surface area contributed by atoms with Crippen LogP contribution in [0.15, 0.2) is 24.3 Å². The molecule has 0 spiro atoms. The molecular weight excluding hydrogens is 382 g/mol. The van der Waals surface area contributed by atoms with Gasteiger partial charge in [0.2, 0.25) is 0 Å². The maximum absolute atomic E-state index is 12.5. The quantitative estimate of drug-likeness (QED) is 0.559. The van der Waals surface area contributed by atoms with Gasteiger partial charge in [-0.25, -0.2) is 9.59 Å². The Morgan fingerprint density at radius 2 is 1.75 bits per heavy atom. The molecule has 0 heterocycles. The lowest BCUT2D eigenvalue weighted by Crippen LogP contribution is -2.44. The third-order valence-corrected chi connectivity index (χ3v) is 4.47. The predicted octanol–water partition coefficient (Wildman–Crippen LogP) is 1.57. The van der Waals surface area contributed by atoms with Gasteiger partial charge in [-0.05, 0) is 41.5 Å². The van der Waals surface area contributed by atoms with Crippen molar-refractivity contribution in [2.75, 3.05) is 18.6 Å². The van der Waals surface area contributed by atoms with E-state index in [9.17, 15) is 19.2 Å². The highest BCUT2D eigenvalue weighted by Crippen LogP contribution is 2.22. The van der Waals surface area contributed by atoms with Crippen molar-refractivity contribution in [3.05, 3.63) is 35.4 Å². The second-order valence-electron chi connectivity index (χ2n) is 7.16. The molecule has 0 bridgehead atoms. The number of hydrogen-bond donors (Lipinski definition) is 3. The molecule has 4 amide bonds. The number of benzene rings is 1. The van der Waals surface area contributed by atoms with Gasteiger partial charge in [-0.2, -0.15) is 11.8 Å². The Kier molecular flexibility index (Phi) is 8.98. The number of carbonyl (C=O) groups excluding carboxylic acids is 4. The Balaban J connectivity index is 2.76. The molecule has 1 aromatic carbocycles. The summed E-state index contributed by atoms with van der Waals surface area (Å²) in [6, 6.07) is 5.20. The van der Waals surface area contributed by atoms with Crippen molar-refractivity contribution in [2.24, 2.45) is 5.73 Å². The summed E-state index contributed by atoms with van der Waals surface area (Å²) in [5.74, 6) is -1.40. The average Bonchev–Trinajstić information content (AvgIpc) is 2.61. The molecule has 1 aromatic rings. The van der Waals surface area contributed by atoms with E-state index in [-0.39, 0.29) is 5.41 Å². The molecule has 0 aromatic heterocycles. The van der Waals surface area contributed by atoms with Gasteiger partial charge in [0.1, 0.15) is 6.04 Å². The lowest BCUT2D eigenvalue weighted by molar-refractivity contribution is -0.150. The Hall–Kier alpha value is -2.55. The van der Waals surface area contributed by atoms with E-state index in [4.69, 9.17) is 10.5 Å². The molecule has 154 valence electrons. The maximum Gasteiger partial charge on any atom is 0.329 e. The number of nitrogens with two attached hydrogens (primary N) is 1. The number of ether oxygens (including phenoxy) is 1. The van der Waals surface area contributed by atoms with Crippen molar-refractivity contribution in [3.63, 3.8) is 0 Å². The number of nitrogens with one attached hydrogen (secondary N) is 2. The number of esters is 1. The Labute approximate surface area is 168 Å². The molecule has 9 heteroatoms. The molecule has 8 nitrogen and oxygen atoms in total. The second kappa shape index (κ2) is 10.7. The molecule has 0 unspecified atom stereocenters. The number of thioether (sulfide) groups is 1. The first kappa shape index (κ1) is 23.5. The summed E-state index contributed by atoms with van der Waals surface area (Å²) in [7, 11) is 0. The van der Waals surface area contributed by atoms with Crippen LogP contribution in [-0.4, -0.2) is 48.5 Å². The van der Waals surface area contributed by atoms with Crippen LogP contribution in [-0.2, 0) is 19.7 Å². The van der Waals surface area contributed by atoms with E-state index in [0.29, 0.717) is 17.7 Å². The number of amides is 4. The van der Waals surface area contributed by atoms with Gasteiger partial charge in [-0.15, -0.1) is 0 Å². The molecule has 1 rings (SSSR count). The summed E-state index contributed by atoms with van der Waals surface area (Å²) in [4.78, 5) is 46.7. The van der Waals surface area contributed by atoms with Crippen LogP contribution in [0.3, 0.4) is 0 Å². The highest BCUT2D eigenvalue weighted by molar-refractivity contribution is 7.98. The predicted molar refractivity (Wildman–Crippen MR) is 108 cm³/mol. The monoisotopic (exact) mass is 409 g/mol. The van der Waals surface area contributed by atoms with E-state index in [1.165, 1.54) is 11.8 Å². The van der Waals surface area contributed by atoms with E-state index in [2.05, 4.69) is 26.1 Å². The topological polar surface area (TPSA) is 128 Å². The number of urea groups is 1. The standard InChI is InChI=1S/C19H27N3O5S/c1-19(2,3)13-7-5-12(6-8-13)16(24)21-14(9-10-28-4)17(25)27-11-15(23)22-18(20)26/h5-8,14H,9-11H2,1-4H3,(H,21,24)(H3,20,22,23,26)/t14-/m1/s1. The zero-order chi connectivity index (χ0) is 21.3. The molecule has 0 fully saturated rings. The SMILES string of the molecule is CSCC[C@@H](NC(=O)c1ccc(C(C)(C)C)cc1)C(=O)OCC(=O)NC(N)=O. The number of primary amides is 1. The number of imide groups is 1. The van der Waals surface area contributed by atoms with Gasteiger partial charge < -0.3 is 15.8 Å². The molecule has 0 aliphatic carbocycles. The summed E-state index contributed by atoms with van der Waals surface area (Å²) < 4.78 is 4.88. The van der Waals surface area contributed by atoms with Crippen molar-refractivity contribution in [1.29, 1.82) is 0 Å². The van der Waals surface area contributed by atoms with Crippen LogP contribution in [0.5, 0.6) is 0 Å². The molecule has 4 N–H and O–H groups in total. The second-order valence-corrected chi connectivity index (χ2v) is 8.14. The molecule has 0 saturated carbocycles. The van der Waals surface area contributed by atoms with Crippen molar-refractivity contribution in [3.8, 4) is 0 Å². The van der Waals surface area contributed by atoms with Crippen LogP contribution < -0.4 is 16.4 Å². The Bertz CT molecular complexity index is 713. The third kappa shape index (κ3) is 7.99. The van der Waals surface area contributed by atoms with E-state index in [1.807, 2.05) is 18.4 Å². The largest absolute Gasteiger partial charge is 0.454 e. The Morgan fingerprint density at radius 3 is 2.25 bits per heavy atom. The average molecular weight is 410 g/mol. The first-order chi connectivity index (χ1) is 13.0. The Morgan fingerprint density at radius 1 is 1.14 bits per heavy atom. The van der Waals surface area contributed by atoms with Crippen LogP contribution in [0.25, 0.3) is 0 Å². The fraction of sp³-hybridized carbons (Fsp3) is 0.474. The van der Waals surface area contributed by atoms with Crippen LogP contribution in [0.2, 0.25) is 0 Å². The number of hydrogen-bond acceptors (Lipinski definition) is 6. The van der Waals surface area contributed by atoms with Gasteiger partial charge in [-0.3, -0.25) is 14.9 Å². The molecular formula is C19H27N3O5S. The summed E-state index contributed by atoms with van der Waals surface area (Å²) in [5.41, 5.74) is 6.29. The fourth-order valence-electron chi connectivity index (χ4n) is 2.26. The van der Waals surface area contributed by atoms with Crippen LogP contribution in [0.4, 0.5) is 4.79 Å². The van der Waals surface area contributed by atoms with Crippen LogP contribution in [0.1, 0.15) is 43.1 Å². The van der Waals surface area contributed by atoms with Gasteiger partial charge in [0.25, 0.3) is 11.8 Å². The van der Waals surface area contributed by atoms with Gasteiger partial charge in [-0.1, -0.05) is 32.9 Å². The van der Waals surface area contributed by atoms with Gasteiger partial charge >= 0.3 is 12.0 Å². The lowest BCUT2D eigenvalue weighted by atomic mass is 9.86. The summed E-state index contributed by atoms with van der Waals surface area (Å²) in [5, 5.41) is 4.44. The van der Waals surface area contributed by atoms with Crippen LogP contribution in [0, 0.1) is 0 Å². The normalized spacial score (nSPS) is 12.0. The van der Waals surface area contributed by atoms with Crippen molar-refractivity contribution in [2.45, 2.75) is 38.6 Å². The zero-order valence-electron chi connectivity index (χ0n) is 16.5. The zero-order valence-corrected chi connectivity index (χ0v) is 17.4. The van der Waals surface area contributed by atoms with E-state index in [0.717, 1.165) is 5.56 Å². The number of rotatable bonds is 8. The first-order valence-corrected chi connectivity index (χ1v) is 10.1. The van der Waals surface area contributed by atoms with Crippen molar-refractivity contribution in [1.82, 2.24) is 10.6 Å². The smallest absolute Gasteiger partial charge is 0.329 e. The maximum atomic E-state index is 12.5. The summed E-state index contributed by atoms with van der Waals surface area (Å²) >= 11 is 1.51. The highest BCUT2D eigenvalue weighted by atomic mass is 32.2. The molecule has 0 radical (unpaired) electrons. The summed E-state index contributed by atoms with van der Waals surface area (Å²) in [6.07, 6.45) is 2.21. The molecule has 1 atom stereocenters. The van der Waals surface area contributed by atoms with Gasteiger partial charge in [0, 0.05) is 5.56 Å². The van der Waals surface area contributed by atoms with E-state index in [1.54, 1.807) is 17.4 Å².